The van der Waals surface area contributed by atoms with Gasteiger partial charge in [0.15, 0.2) is 0 Å². The second-order valence-electron chi connectivity index (χ2n) is 5.24. The monoisotopic (exact) mass is 293 g/mol. The van der Waals surface area contributed by atoms with E-state index in [0.29, 0.717) is 26.2 Å². The lowest BCUT2D eigenvalue weighted by atomic mass is 9.77. The van der Waals surface area contributed by atoms with Crippen molar-refractivity contribution in [3.8, 4) is 0 Å². The van der Waals surface area contributed by atoms with Gasteiger partial charge in [-0.05, 0) is 32.3 Å². The minimum absolute atomic E-state index is 0.213. The molecular weight excluding hydrogens is 266 g/mol. The van der Waals surface area contributed by atoms with E-state index in [-0.39, 0.29) is 12.5 Å². The molecule has 0 heterocycles. The molecule has 1 aromatic rings. The Morgan fingerprint density at radius 1 is 1.29 bits per heavy atom. The quantitative estimate of drug-likeness (QED) is 0.561. The second-order valence-corrected chi connectivity index (χ2v) is 5.24. The topological polar surface area (TPSA) is 61.5 Å². The molecule has 1 aromatic carbocycles. The van der Waals surface area contributed by atoms with Gasteiger partial charge in [0.2, 0.25) is 0 Å². The van der Waals surface area contributed by atoms with Crippen molar-refractivity contribution >= 4 is 5.97 Å². The van der Waals surface area contributed by atoms with Crippen LogP contribution in [0.1, 0.15) is 37.8 Å². The van der Waals surface area contributed by atoms with Crippen molar-refractivity contribution in [1.82, 2.24) is 0 Å². The molecule has 0 bridgehead atoms. The lowest BCUT2D eigenvalue weighted by Gasteiger charge is -2.31. The third-order valence-corrected chi connectivity index (χ3v) is 3.61. The van der Waals surface area contributed by atoms with Crippen molar-refractivity contribution in [2.45, 2.75) is 39.0 Å². The van der Waals surface area contributed by atoms with E-state index in [1.807, 2.05) is 38.1 Å². The fourth-order valence-corrected chi connectivity index (χ4v) is 2.37. The van der Waals surface area contributed by atoms with E-state index >= 15 is 0 Å². The summed E-state index contributed by atoms with van der Waals surface area (Å²) >= 11 is 0. The lowest BCUT2D eigenvalue weighted by Crippen LogP contribution is -2.45. The fraction of sp³-hybridized carbons (Fsp3) is 0.588. The normalized spacial score (nSPS) is 13.7. The van der Waals surface area contributed by atoms with Crippen LogP contribution in [0.15, 0.2) is 24.3 Å². The van der Waals surface area contributed by atoms with Gasteiger partial charge in [0, 0.05) is 19.8 Å². The summed E-state index contributed by atoms with van der Waals surface area (Å²) in [5, 5.41) is 0. The number of carbonyl (C=O) groups is 1. The van der Waals surface area contributed by atoms with Gasteiger partial charge in [-0.25, -0.2) is 0 Å². The summed E-state index contributed by atoms with van der Waals surface area (Å²) in [6.45, 7) is 7.62. The highest BCUT2D eigenvalue weighted by Gasteiger charge is 2.40. The van der Waals surface area contributed by atoms with Crippen LogP contribution in [0.3, 0.4) is 0 Å². The number of esters is 1. The van der Waals surface area contributed by atoms with E-state index in [1.54, 1.807) is 0 Å². The number of nitrogens with two attached hydrogens (primary N) is 1. The summed E-state index contributed by atoms with van der Waals surface area (Å²) in [4.78, 5) is 12.5. The van der Waals surface area contributed by atoms with Gasteiger partial charge < -0.3 is 15.2 Å². The molecule has 0 fully saturated rings. The summed E-state index contributed by atoms with van der Waals surface area (Å²) in [5.74, 6) is -0.266. The van der Waals surface area contributed by atoms with Crippen LogP contribution in [0.2, 0.25) is 0 Å². The van der Waals surface area contributed by atoms with Crippen LogP contribution in [0, 0.1) is 6.92 Å². The average Bonchev–Trinajstić information content (AvgIpc) is 2.48. The zero-order valence-corrected chi connectivity index (χ0v) is 13.4. The maximum Gasteiger partial charge on any atom is 0.317 e. The standard InChI is InChI=1S/C17H27NO3/c1-4-10-20-11-9-17(13-18,16(19)21-5-2)15-8-6-7-14(3)12-15/h6-8,12H,4-5,9-11,13,18H2,1-3H3. The first-order valence-electron chi connectivity index (χ1n) is 7.63. The predicted octanol–water partition coefficient (Wildman–Crippen LogP) is 2.57. The molecule has 1 unspecified atom stereocenters. The zero-order chi connectivity index (χ0) is 15.7. The fourth-order valence-electron chi connectivity index (χ4n) is 2.37. The Balaban J connectivity index is 3.04. The number of rotatable bonds is 9. The Hall–Kier alpha value is -1.39. The molecule has 0 aliphatic carbocycles. The van der Waals surface area contributed by atoms with Gasteiger partial charge in [-0.1, -0.05) is 36.8 Å². The van der Waals surface area contributed by atoms with Gasteiger partial charge in [-0.2, -0.15) is 0 Å². The summed E-state index contributed by atoms with van der Waals surface area (Å²) in [5.41, 5.74) is 7.16. The van der Waals surface area contributed by atoms with Crippen LogP contribution in [0.5, 0.6) is 0 Å². The molecule has 1 rings (SSSR count). The molecule has 4 heteroatoms. The van der Waals surface area contributed by atoms with Gasteiger partial charge in [0.05, 0.1) is 6.61 Å². The lowest BCUT2D eigenvalue weighted by molar-refractivity contribution is -0.150. The molecule has 0 amide bonds. The van der Waals surface area contributed by atoms with Crippen molar-refractivity contribution in [2.75, 3.05) is 26.4 Å². The summed E-state index contributed by atoms with van der Waals surface area (Å²) in [6, 6.07) is 7.89. The number of benzene rings is 1. The van der Waals surface area contributed by atoms with Gasteiger partial charge in [-0.15, -0.1) is 0 Å². The SMILES string of the molecule is CCCOCCC(CN)(C(=O)OCC)c1cccc(C)c1. The molecule has 0 saturated carbocycles. The largest absolute Gasteiger partial charge is 0.465 e. The molecule has 1 atom stereocenters. The van der Waals surface area contributed by atoms with Gasteiger partial charge in [0.1, 0.15) is 5.41 Å². The molecule has 0 radical (unpaired) electrons. The average molecular weight is 293 g/mol. The van der Waals surface area contributed by atoms with Crippen LogP contribution >= 0.6 is 0 Å². The van der Waals surface area contributed by atoms with E-state index in [4.69, 9.17) is 15.2 Å². The Kier molecular flexibility index (Phi) is 7.40. The van der Waals surface area contributed by atoms with Crippen molar-refractivity contribution in [3.05, 3.63) is 35.4 Å². The van der Waals surface area contributed by atoms with Gasteiger partial charge in [-0.3, -0.25) is 4.79 Å². The van der Waals surface area contributed by atoms with Crippen LogP contribution in [-0.4, -0.2) is 32.3 Å². The van der Waals surface area contributed by atoms with Gasteiger partial charge in [0.25, 0.3) is 0 Å². The highest BCUT2D eigenvalue weighted by atomic mass is 16.5. The highest BCUT2D eigenvalue weighted by molar-refractivity contribution is 5.83. The molecule has 0 saturated heterocycles. The minimum atomic E-state index is -0.824. The van der Waals surface area contributed by atoms with Crippen LogP contribution < -0.4 is 5.73 Å². The van der Waals surface area contributed by atoms with Crippen molar-refractivity contribution in [3.63, 3.8) is 0 Å². The maximum absolute atomic E-state index is 12.5. The zero-order valence-electron chi connectivity index (χ0n) is 13.4. The number of ether oxygens (including phenoxy) is 2. The van der Waals surface area contributed by atoms with Gasteiger partial charge >= 0.3 is 5.97 Å². The summed E-state index contributed by atoms with van der Waals surface area (Å²) in [6.07, 6.45) is 1.49. The molecule has 0 aliphatic heterocycles. The first-order chi connectivity index (χ1) is 10.1. The second kappa shape index (κ2) is 8.80. The van der Waals surface area contributed by atoms with E-state index in [9.17, 15) is 4.79 Å². The first kappa shape index (κ1) is 17.7. The van der Waals surface area contributed by atoms with E-state index in [2.05, 4.69) is 6.92 Å². The highest BCUT2D eigenvalue weighted by Crippen LogP contribution is 2.30. The molecule has 4 nitrogen and oxygen atoms in total. The summed E-state index contributed by atoms with van der Waals surface area (Å²) < 4.78 is 10.8. The molecule has 0 aromatic heterocycles. The van der Waals surface area contributed by atoms with Crippen LogP contribution in [-0.2, 0) is 19.7 Å². The number of carbonyl (C=O) groups excluding carboxylic acids is 1. The predicted molar refractivity (Wildman–Crippen MR) is 84.3 cm³/mol. The van der Waals surface area contributed by atoms with Crippen molar-refractivity contribution < 1.29 is 14.3 Å². The van der Waals surface area contributed by atoms with E-state index < -0.39 is 5.41 Å². The third kappa shape index (κ3) is 4.55. The van der Waals surface area contributed by atoms with E-state index in [0.717, 1.165) is 17.5 Å². The minimum Gasteiger partial charge on any atom is -0.465 e. The molecule has 2 N–H and O–H groups in total. The number of aryl methyl sites for hydroxylation is 1. The molecule has 118 valence electrons. The maximum atomic E-state index is 12.5. The van der Waals surface area contributed by atoms with Crippen LogP contribution in [0.25, 0.3) is 0 Å². The smallest absolute Gasteiger partial charge is 0.317 e. The Morgan fingerprint density at radius 3 is 2.62 bits per heavy atom. The Labute approximate surface area is 127 Å². The molecule has 21 heavy (non-hydrogen) atoms. The number of hydrogen-bond donors (Lipinski definition) is 1. The Bertz CT molecular complexity index is 447. The molecule has 0 aliphatic rings. The third-order valence-electron chi connectivity index (χ3n) is 3.61. The van der Waals surface area contributed by atoms with Crippen molar-refractivity contribution in [1.29, 1.82) is 0 Å². The summed E-state index contributed by atoms with van der Waals surface area (Å²) in [7, 11) is 0. The molecular formula is C17H27NO3. The first-order valence-corrected chi connectivity index (χ1v) is 7.63. The Morgan fingerprint density at radius 2 is 2.05 bits per heavy atom. The van der Waals surface area contributed by atoms with E-state index in [1.165, 1.54) is 0 Å². The molecule has 0 spiro atoms. The van der Waals surface area contributed by atoms with Crippen molar-refractivity contribution in [2.24, 2.45) is 5.73 Å². The number of hydrogen-bond acceptors (Lipinski definition) is 4. The van der Waals surface area contributed by atoms with Crippen LogP contribution in [0.4, 0.5) is 0 Å².